The molecule has 0 aliphatic heterocycles. The molecule has 0 amide bonds. The highest BCUT2D eigenvalue weighted by molar-refractivity contribution is 6.38. The van der Waals surface area contributed by atoms with Crippen LogP contribution in [0.3, 0.4) is 0 Å². The number of benzene rings is 1. The number of hydrogen-bond acceptors (Lipinski definition) is 6. The van der Waals surface area contributed by atoms with Gasteiger partial charge in [0.25, 0.3) is 0 Å². The summed E-state index contributed by atoms with van der Waals surface area (Å²) in [5, 5.41) is 25.6. The molecule has 0 aliphatic rings. The Morgan fingerprint density at radius 1 is 1.21 bits per heavy atom. The smallest absolute Gasteiger partial charge is 0.505 e. The monoisotopic (exact) mass is 220 g/mol. The summed E-state index contributed by atoms with van der Waals surface area (Å²) in [5.74, 6) is -0.459. The van der Waals surface area contributed by atoms with Crippen LogP contribution in [0.25, 0.3) is 0 Å². The molecule has 3 N–H and O–H groups in total. The van der Waals surface area contributed by atoms with Gasteiger partial charge in [-0.1, -0.05) is 17.7 Å². The van der Waals surface area contributed by atoms with Gasteiger partial charge in [-0.2, -0.15) is 0 Å². The average molecular weight is 220 g/mol. The fourth-order valence-electron chi connectivity index (χ4n) is 0.773. The molecule has 0 bridgehead atoms. The van der Waals surface area contributed by atoms with Crippen LogP contribution in [-0.2, 0) is 9.61 Å². The van der Waals surface area contributed by atoms with Crippen LogP contribution in [0.1, 0.15) is 0 Å². The molecule has 0 aromatic heterocycles. The third-order valence-corrected chi connectivity index (χ3v) is 1.63. The van der Waals surface area contributed by atoms with Gasteiger partial charge in [0.1, 0.15) is 0 Å². The van der Waals surface area contributed by atoms with Gasteiger partial charge >= 0.3 is 7.32 Å². The SMILES string of the molecule is OOB(OO)Oc1c(O)cccc1Cl. The van der Waals surface area contributed by atoms with E-state index in [1.165, 1.54) is 18.2 Å². The fourth-order valence-corrected chi connectivity index (χ4v) is 0.987. The Morgan fingerprint density at radius 3 is 2.36 bits per heavy atom. The van der Waals surface area contributed by atoms with Crippen LogP contribution in [0.5, 0.6) is 11.5 Å². The lowest BCUT2D eigenvalue weighted by molar-refractivity contribution is -0.242. The first-order valence-electron chi connectivity index (χ1n) is 3.43. The van der Waals surface area contributed by atoms with Crippen LogP contribution in [0.4, 0.5) is 0 Å². The second-order valence-corrected chi connectivity index (χ2v) is 2.61. The molecule has 0 saturated heterocycles. The van der Waals surface area contributed by atoms with Crippen LogP contribution >= 0.6 is 11.6 Å². The number of halogens is 1. The Morgan fingerprint density at radius 2 is 1.86 bits per heavy atom. The van der Waals surface area contributed by atoms with Crippen molar-refractivity contribution in [3.05, 3.63) is 23.2 Å². The number of phenols is 1. The Labute approximate surface area is 84.2 Å². The van der Waals surface area contributed by atoms with Crippen molar-refractivity contribution in [2.24, 2.45) is 0 Å². The molecule has 14 heavy (non-hydrogen) atoms. The highest BCUT2D eigenvalue weighted by Gasteiger charge is 2.27. The minimum absolute atomic E-state index is 0.0732. The van der Waals surface area contributed by atoms with Crippen molar-refractivity contribution in [2.75, 3.05) is 0 Å². The first-order chi connectivity index (χ1) is 6.69. The van der Waals surface area contributed by atoms with Gasteiger partial charge in [0, 0.05) is 0 Å². The van der Waals surface area contributed by atoms with E-state index in [2.05, 4.69) is 14.3 Å². The van der Waals surface area contributed by atoms with E-state index < -0.39 is 7.32 Å². The third-order valence-electron chi connectivity index (χ3n) is 1.33. The summed E-state index contributed by atoms with van der Waals surface area (Å²) in [5.41, 5.74) is 0. The Kier molecular flexibility index (Phi) is 3.99. The number of phenolic OH excluding ortho intramolecular Hbond substituents is 1. The molecule has 8 heteroatoms. The zero-order valence-electron chi connectivity index (χ0n) is 6.75. The van der Waals surface area contributed by atoms with E-state index in [1.54, 1.807) is 0 Å². The molecule has 1 aromatic rings. The Balaban J connectivity index is 2.84. The molecule has 6 nitrogen and oxygen atoms in total. The van der Waals surface area contributed by atoms with Gasteiger partial charge in [-0.05, 0) is 12.1 Å². The number of para-hydroxylation sites is 1. The summed E-state index contributed by atoms with van der Waals surface area (Å²) in [7, 11) is -1.78. The van der Waals surface area contributed by atoms with Crippen LogP contribution in [0.15, 0.2) is 18.2 Å². The molecular formula is C6H6BClO6. The van der Waals surface area contributed by atoms with Crippen LogP contribution in [0, 0.1) is 0 Å². The van der Waals surface area contributed by atoms with E-state index in [4.69, 9.17) is 22.1 Å². The van der Waals surface area contributed by atoms with Gasteiger partial charge in [-0.25, -0.2) is 9.61 Å². The van der Waals surface area contributed by atoms with Crippen molar-refractivity contribution in [3.63, 3.8) is 0 Å². The second-order valence-electron chi connectivity index (χ2n) is 2.21. The van der Waals surface area contributed by atoms with Crippen LogP contribution in [0.2, 0.25) is 5.02 Å². The molecule has 0 atom stereocenters. The lowest BCUT2D eigenvalue weighted by Gasteiger charge is -2.10. The molecule has 0 radical (unpaired) electrons. The summed E-state index contributed by atoms with van der Waals surface area (Å²) in [6, 6.07) is 4.22. The number of rotatable bonds is 4. The van der Waals surface area contributed by atoms with Gasteiger partial charge in [0.15, 0.2) is 11.5 Å². The molecule has 0 spiro atoms. The minimum Gasteiger partial charge on any atom is -0.505 e. The summed E-state index contributed by atoms with van der Waals surface area (Å²) in [4.78, 5) is 7.10. The van der Waals surface area contributed by atoms with E-state index in [0.717, 1.165) is 0 Å². The Bertz CT molecular complexity index is 284. The first kappa shape index (κ1) is 11.1. The highest BCUT2D eigenvalue weighted by Crippen LogP contribution is 2.33. The molecule has 0 unspecified atom stereocenters. The van der Waals surface area contributed by atoms with Gasteiger partial charge in [0.05, 0.1) is 5.02 Å². The fraction of sp³-hybridized carbons (Fsp3) is 0. The highest BCUT2D eigenvalue weighted by atomic mass is 35.5. The van der Waals surface area contributed by atoms with Crippen molar-refractivity contribution >= 4 is 18.9 Å². The van der Waals surface area contributed by atoms with E-state index in [-0.39, 0.29) is 16.5 Å². The number of aromatic hydroxyl groups is 1. The molecule has 1 aromatic carbocycles. The number of hydrogen-bond donors (Lipinski definition) is 3. The van der Waals surface area contributed by atoms with Crippen molar-refractivity contribution < 1.29 is 29.9 Å². The molecular weight excluding hydrogens is 214 g/mol. The van der Waals surface area contributed by atoms with Gasteiger partial charge in [0.2, 0.25) is 0 Å². The predicted molar refractivity (Wildman–Crippen MR) is 46.9 cm³/mol. The minimum atomic E-state index is -1.78. The van der Waals surface area contributed by atoms with Crippen molar-refractivity contribution in [1.29, 1.82) is 0 Å². The van der Waals surface area contributed by atoms with E-state index >= 15 is 0 Å². The standard InChI is InChI=1S/C6H6BClO6/c8-4-2-1-3-5(9)6(4)12-7(13-10)14-11/h1-3,9-11H. The Hall–Kier alpha value is -0.985. The topological polar surface area (TPSA) is 88.4 Å². The van der Waals surface area contributed by atoms with Crippen LogP contribution < -0.4 is 4.65 Å². The van der Waals surface area contributed by atoms with Gasteiger partial charge in [-0.3, -0.25) is 10.5 Å². The maximum Gasteiger partial charge on any atom is 0.770 e. The average Bonchev–Trinajstić information content (AvgIpc) is 2.18. The lowest BCUT2D eigenvalue weighted by atomic mass is 10.2. The second kappa shape index (κ2) is 5.04. The van der Waals surface area contributed by atoms with Crippen molar-refractivity contribution in [1.82, 2.24) is 0 Å². The molecule has 1 rings (SSSR count). The normalized spacial score (nSPS) is 9.93. The molecule has 0 aliphatic carbocycles. The van der Waals surface area contributed by atoms with E-state index in [0.29, 0.717) is 0 Å². The summed E-state index contributed by atoms with van der Waals surface area (Å²) in [6.07, 6.45) is 0. The molecule has 76 valence electrons. The molecule has 0 fully saturated rings. The first-order valence-corrected chi connectivity index (χ1v) is 3.81. The summed E-state index contributed by atoms with van der Waals surface area (Å²) >= 11 is 5.63. The zero-order valence-corrected chi connectivity index (χ0v) is 7.51. The summed E-state index contributed by atoms with van der Waals surface area (Å²) in [6.45, 7) is 0. The van der Waals surface area contributed by atoms with E-state index in [1.807, 2.05) is 0 Å². The summed E-state index contributed by atoms with van der Waals surface area (Å²) < 4.78 is 4.65. The largest absolute Gasteiger partial charge is 0.770 e. The van der Waals surface area contributed by atoms with Crippen molar-refractivity contribution in [3.8, 4) is 11.5 Å². The predicted octanol–water partition coefficient (Wildman–Crippen LogP) is 1.39. The maximum atomic E-state index is 9.25. The maximum absolute atomic E-state index is 9.25. The van der Waals surface area contributed by atoms with Gasteiger partial charge in [-0.15, -0.1) is 0 Å². The van der Waals surface area contributed by atoms with E-state index in [9.17, 15) is 5.11 Å². The van der Waals surface area contributed by atoms with Crippen LogP contribution in [-0.4, -0.2) is 22.9 Å². The third kappa shape index (κ3) is 2.50. The van der Waals surface area contributed by atoms with Crippen molar-refractivity contribution in [2.45, 2.75) is 0 Å². The quantitative estimate of drug-likeness (QED) is 0.404. The molecule has 0 heterocycles. The van der Waals surface area contributed by atoms with Gasteiger partial charge < -0.3 is 9.76 Å². The lowest BCUT2D eigenvalue weighted by Crippen LogP contribution is -2.28. The molecule has 0 saturated carbocycles. The zero-order chi connectivity index (χ0) is 10.6.